The Labute approximate surface area is 156 Å². The summed E-state index contributed by atoms with van der Waals surface area (Å²) in [5, 5.41) is 0. The molecular formula is C17H26N6O4. The molecule has 2 aromatic heterocycles. The van der Waals surface area contributed by atoms with Crippen molar-refractivity contribution in [1.82, 2.24) is 24.0 Å². The molecule has 0 spiro atoms. The number of imidazole rings is 1. The Morgan fingerprint density at radius 3 is 2.52 bits per heavy atom. The third-order valence-electron chi connectivity index (χ3n) is 4.90. The number of H-pyrrole nitrogens is 1. The number of hydrogen-bond donors (Lipinski definition) is 1. The highest BCUT2D eigenvalue weighted by Crippen LogP contribution is 2.20. The summed E-state index contributed by atoms with van der Waals surface area (Å²) < 4.78 is 8.18. The average Bonchev–Trinajstić information content (AvgIpc) is 3.05. The van der Waals surface area contributed by atoms with Crippen LogP contribution in [0.3, 0.4) is 0 Å². The third-order valence-corrected chi connectivity index (χ3v) is 4.90. The van der Waals surface area contributed by atoms with Crippen LogP contribution < -0.4 is 16.1 Å². The second kappa shape index (κ2) is 7.95. The highest BCUT2D eigenvalue weighted by atomic mass is 16.5. The van der Waals surface area contributed by atoms with Gasteiger partial charge in [-0.05, 0) is 13.8 Å². The third kappa shape index (κ3) is 3.75. The molecule has 10 nitrogen and oxygen atoms in total. The van der Waals surface area contributed by atoms with Crippen LogP contribution in [0.5, 0.6) is 0 Å². The Hall–Kier alpha value is -2.62. The van der Waals surface area contributed by atoms with Crippen molar-refractivity contribution in [3.63, 3.8) is 0 Å². The van der Waals surface area contributed by atoms with Gasteiger partial charge in [0.25, 0.3) is 5.56 Å². The molecule has 0 bridgehead atoms. The molecule has 0 atom stereocenters. The van der Waals surface area contributed by atoms with Gasteiger partial charge in [-0.15, -0.1) is 0 Å². The number of nitrogens with one attached hydrogen (secondary N) is 1. The minimum atomic E-state index is -0.469. The largest absolute Gasteiger partial charge is 0.466 e. The summed E-state index contributed by atoms with van der Waals surface area (Å²) >= 11 is 0. The average molecular weight is 378 g/mol. The summed E-state index contributed by atoms with van der Waals surface area (Å²) in [5.41, 5.74) is -0.0740. The molecule has 0 aromatic carbocycles. The van der Waals surface area contributed by atoms with Crippen LogP contribution in [0.15, 0.2) is 9.59 Å². The first kappa shape index (κ1) is 19.2. The number of esters is 1. The van der Waals surface area contributed by atoms with Crippen LogP contribution in [0.4, 0.5) is 5.95 Å². The van der Waals surface area contributed by atoms with E-state index in [-0.39, 0.29) is 5.97 Å². The standard InChI is InChI=1S/C17H26N6O4/c1-4-23-13-14(20(3)17(26)19-15(13)25)18-16(23)22-10-8-21(9-11-22)7-6-12(24)27-5-2/h4-11H2,1-3H3,(H,19,25,26). The number of carbonyl (C=O) groups excluding carboxylic acids is 1. The molecule has 0 amide bonds. The molecule has 0 radical (unpaired) electrons. The maximum atomic E-state index is 12.3. The maximum absolute atomic E-state index is 12.3. The highest BCUT2D eigenvalue weighted by Gasteiger charge is 2.24. The number of aromatic amines is 1. The van der Waals surface area contributed by atoms with E-state index in [1.807, 2.05) is 11.5 Å². The van der Waals surface area contributed by atoms with E-state index in [1.54, 1.807) is 14.0 Å². The SMILES string of the molecule is CCOC(=O)CCN1CCN(c2nc3c(c(=O)[nH]c(=O)n3C)n2CC)CC1. The number of ether oxygens (including phenoxy) is 1. The van der Waals surface area contributed by atoms with Crippen LogP contribution >= 0.6 is 0 Å². The van der Waals surface area contributed by atoms with Gasteiger partial charge in [0, 0.05) is 46.3 Å². The van der Waals surface area contributed by atoms with Gasteiger partial charge in [-0.3, -0.25) is 24.0 Å². The molecule has 148 valence electrons. The normalized spacial score (nSPS) is 15.4. The molecule has 1 N–H and O–H groups in total. The predicted molar refractivity (Wildman–Crippen MR) is 101 cm³/mol. The number of aromatic nitrogens is 4. The number of piperazine rings is 1. The first-order valence-electron chi connectivity index (χ1n) is 9.28. The first-order valence-corrected chi connectivity index (χ1v) is 9.28. The predicted octanol–water partition coefficient (Wildman–Crippen LogP) is -0.482. The number of nitrogens with zero attached hydrogens (tertiary/aromatic N) is 5. The Kier molecular flexibility index (Phi) is 5.64. The molecule has 0 aliphatic carbocycles. The van der Waals surface area contributed by atoms with E-state index in [0.717, 1.165) is 26.2 Å². The van der Waals surface area contributed by atoms with Crippen molar-refractivity contribution in [2.45, 2.75) is 26.8 Å². The molecule has 2 aromatic rings. The van der Waals surface area contributed by atoms with E-state index in [0.29, 0.717) is 43.2 Å². The van der Waals surface area contributed by atoms with E-state index < -0.39 is 11.2 Å². The van der Waals surface area contributed by atoms with E-state index in [1.165, 1.54) is 4.57 Å². The minimum Gasteiger partial charge on any atom is -0.466 e. The number of aryl methyl sites for hydroxylation is 2. The molecule has 27 heavy (non-hydrogen) atoms. The van der Waals surface area contributed by atoms with Crippen molar-refractivity contribution in [2.24, 2.45) is 7.05 Å². The Balaban J connectivity index is 1.77. The quantitative estimate of drug-likeness (QED) is 0.677. The van der Waals surface area contributed by atoms with Gasteiger partial charge >= 0.3 is 11.7 Å². The molecule has 1 aliphatic rings. The molecule has 1 aliphatic heterocycles. The highest BCUT2D eigenvalue weighted by molar-refractivity contribution is 5.74. The van der Waals surface area contributed by atoms with Gasteiger partial charge < -0.3 is 14.2 Å². The summed E-state index contributed by atoms with van der Waals surface area (Å²) in [6.45, 7) is 8.46. The van der Waals surface area contributed by atoms with Crippen LogP contribution in [-0.2, 0) is 23.1 Å². The maximum Gasteiger partial charge on any atom is 0.329 e. The first-order chi connectivity index (χ1) is 13.0. The number of anilines is 1. The van der Waals surface area contributed by atoms with E-state index in [9.17, 15) is 14.4 Å². The van der Waals surface area contributed by atoms with Gasteiger partial charge in [0.1, 0.15) is 0 Å². The van der Waals surface area contributed by atoms with E-state index in [2.05, 4.69) is 19.8 Å². The zero-order valence-corrected chi connectivity index (χ0v) is 16.0. The van der Waals surface area contributed by atoms with Crippen LogP contribution in [-0.4, -0.2) is 69.3 Å². The zero-order chi connectivity index (χ0) is 19.6. The Morgan fingerprint density at radius 1 is 1.19 bits per heavy atom. The summed E-state index contributed by atoms with van der Waals surface area (Å²) in [5.74, 6) is 0.525. The van der Waals surface area contributed by atoms with Gasteiger partial charge in [0.2, 0.25) is 5.95 Å². The van der Waals surface area contributed by atoms with Crippen LogP contribution in [0.2, 0.25) is 0 Å². The van der Waals surface area contributed by atoms with Crippen LogP contribution in [0.25, 0.3) is 11.2 Å². The lowest BCUT2D eigenvalue weighted by molar-refractivity contribution is -0.143. The summed E-state index contributed by atoms with van der Waals surface area (Å²) in [6, 6.07) is 0. The molecule has 10 heteroatoms. The number of carbonyl (C=O) groups is 1. The van der Waals surface area contributed by atoms with Crippen LogP contribution in [0.1, 0.15) is 20.3 Å². The second-order valence-electron chi connectivity index (χ2n) is 6.53. The molecular weight excluding hydrogens is 352 g/mol. The van der Waals surface area contributed by atoms with E-state index >= 15 is 0 Å². The van der Waals surface area contributed by atoms with Crippen molar-refractivity contribution < 1.29 is 9.53 Å². The fourth-order valence-electron chi connectivity index (χ4n) is 3.42. The number of rotatable bonds is 6. The fourth-order valence-corrected chi connectivity index (χ4v) is 3.42. The van der Waals surface area contributed by atoms with Crippen molar-refractivity contribution in [1.29, 1.82) is 0 Å². The topological polar surface area (TPSA) is 105 Å². The molecule has 3 heterocycles. The van der Waals surface area contributed by atoms with Crippen molar-refractivity contribution in [3.05, 3.63) is 20.8 Å². The summed E-state index contributed by atoms with van der Waals surface area (Å²) in [7, 11) is 1.60. The molecule has 1 fully saturated rings. The molecule has 0 unspecified atom stereocenters. The molecule has 1 saturated heterocycles. The van der Waals surface area contributed by atoms with Gasteiger partial charge in [-0.2, -0.15) is 4.98 Å². The Bertz CT molecular complexity index is 935. The van der Waals surface area contributed by atoms with Gasteiger partial charge in [-0.25, -0.2) is 4.79 Å². The summed E-state index contributed by atoms with van der Waals surface area (Å²) in [6.07, 6.45) is 0.388. The number of hydrogen-bond acceptors (Lipinski definition) is 7. The second-order valence-corrected chi connectivity index (χ2v) is 6.53. The zero-order valence-electron chi connectivity index (χ0n) is 16.0. The lowest BCUT2D eigenvalue weighted by Gasteiger charge is -2.35. The van der Waals surface area contributed by atoms with Crippen LogP contribution in [0, 0.1) is 0 Å². The smallest absolute Gasteiger partial charge is 0.329 e. The number of fused-ring (bicyclic) bond motifs is 1. The molecule has 3 rings (SSSR count). The fraction of sp³-hybridized carbons (Fsp3) is 0.647. The lowest BCUT2D eigenvalue weighted by atomic mass is 10.3. The summed E-state index contributed by atoms with van der Waals surface area (Å²) in [4.78, 5) is 46.9. The van der Waals surface area contributed by atoms with E-state index in [4.69, 9.17) is 4.74 Å². The van der Waals surface area contributed by atoms with Gasteiger partial charge in [0.05, 0.1) is 13.0 Å². The lowest BCUT2D eigenvalue weighted by Crippen LogP contribution is -2.47. The Morgan fingerprint density at radius 2 is 1.89 bits per heavy atom. The van der Waals surface area contributed by atoms with Crippen molar-refractivity contribution in [2.75, 3.05) is 44.2 Å². The van der Waals surface area contributed by atoms with Gasteiger partial charge in [-0.1, -0.05) is 0 Å². The van der Waals surface area contributed by atoms with Gasteiger partial charge in [0.15, 0.2) is 11.2 Å². The monoisotopic (exact) mass is 378 g/mol. The molecule has 0 saturated carbocycles. The van der Waals surface area contributed by atoms with Crippen molar-refractivity contribution >= 4 is 23.1 Å². The minimum absolute atomic E-state index is 0.173. The van der Waals surface area contributed by atoms with Crippen molar-refractivity contribution in [3.8, 4) is 0 Å².